The van der Waals surface area contributed by atoms with E-state index in [0.29, 0.717) is 18.8 Å². The minimum absolute atomic E-state index is 0.0444. The number of ether oxygens (including phenoxy) is 1. The van der Waals surface area contributed by atoms with Gasteiger partial charge in [-0.3, -0.25) is 0 Å². The Hall–Kier alpha value is -1.23. The molecule has 0 radical (unpaired) electrons. The fourth-order valence-electron chi connectivity index (χ4n) is 2.76. The first-order valence-electron chi connectivity index (χ1n) is 7.16. The van der Waals surface area contributed by atoms with E-state index < -0.39 is 5.54 Å². The molecule has 0 bridgehead atoms. The van der Waals surface area contributed by atoms with Gasteiger partial charge in [0.2, 0.25) is 0 Å². The number of anilines is 1. The van der Waals surface area contributed by atoms with E-state index in [0.717, 1.165) is 11.4 Å². The van der Waals surface area contributed by atoms with E-state index in [-0.39, 0.29) is 17.2 Å². The molecule has 1 aliphatic rings. The van der Waals surface area contributed by atoms with Crippen molar-refractivity contribution in [3.05, 3.63) is 30.1 Å². The van der Waals surface area contributed by atoms with Crippen molar-refractivity contribution in [3.8, 4) is 0 Å². The third kappa shape index (κ3) is 3.90. The van der Waals surface area contributed by atoms with Crippen LogP contribution >= 0.6 is 11.8 Å². The van der Waals surface area contributed by atoms with Gasteiger partial charge >= 0.3 is 5.97 Å². The lowest BCUT2D eigenvalue weighted by molar-refractivity contribution is -0.149. The minimum atomic E-state index is -0.750. The molecule has 1 fully saturated rings. The zero-order valence-corrected chi connectivity index (χ0v) is 13.6. The van der Waals surface area contributed by atoms with Crippen LogP contribution in [0.5, 0.6) is 0 Å². The molecule has 1 atom stereocenters. The van der Waals surface area contributed by atoms with Crippen LogP contribution in [0.25, 0.3) is 0 Å². The lowest BCUT2D eigenvalue weighted by atomic mass is 9.79. The monoisotopic (exact) mass is 311 g/mol. The summed E-state index contributed by atoms with van der Waals surface area (Å²) in [6.07, 6.45) is 0.698. The Morgan fingerprint density at radius 1 is 1.33 bits per heavy atom. The van der Waals surface area contributed by atoms with E-state index in [9.17, 15) is 9.18 Å². The second-order valence-electron chi connectivity index (χ2n) is 6.27. The maximum atomic E-state index is 13.0. The SMILES string of the molecule is CCOC(=O)C1(Nc2ccc(F)cc2)CSCC(C)(C)C1. The van der Waals surface area contributed by atoms with Gasteiger partial charge in [-0.15, -0.1) is 0 Å². The maximum absolute atomic E-state index is 13.0. The Bertz CT molecular complexity index is 504. The van der Waals surface area contributed by atoms with Gasteiger partial charge in [0.15, 0.2) is 0 Å². The molecule has 21 heavy (non-hydrogen) atoms. The molecule has 2 rings (SSSR count). The Morgan fingerprint density at radius 3 is 2.57 bits per heavy atom. The van der Waals surface area contributed by atoms with E-state index in [2.05, 4.69) is 19.2 Å². The van der Waals surface area contributed by atoms with Crippen molar-refractivity contribution < 1.29 is 13.9 Å². The highest BCUT2D eigenvalue weighted by Gasteiger charge is 2.47. The molecular weight excluding hydrogens is 289 g/mol. The Morgan fingerprint density at radius 2 is 2.00 bits per heavy atom. The molecular formula is C16H22FNO2S. The highest BCUT2D eigenvalue weighted by Crippen LogP contribution is 2.41. The van der Waals surface area contributed by atoms with E-state index in [1.165, 1.54) is 12.1 Å². The van der Waals surface area contributed by atoms with Gasteiger partial charge in [-0.25, -0.2) is 9.18 Å². The van der Waals surface area contributed by atoms with Crippen molar-refractivity contribution in [1.29, 1.82) is 0 Å². The molecule has 0 aromatic heterocycles. The highest BCUT2D eigenvalue weighted by molar-refractivity contribution is 7.99. The number of rotatable bonds is 4. The molecule has 1 aromatic rings. The van der Waals surface area contributed by atoms with Crippen LogP contribution in [0.3, 0.4) is 0 Å². The zero-order valence-electron chi connectivity index (χ0n) is 12.7. The largest absolute Gasteiger partial charge is 0.464 e. The molecule has 1 unspecified atom stereocenters. The first-order chi connectivity index (χ1) is 9.87. The Labute approximate surface area is 129 Å². The average Bonchev–Trinajstić information content (AvgIpc) is 2.40. The van der Waals surface area contributed by atoms with Crippen LogP contribution in [0.1, 0.15) is 27.2 Å². The summed E-state index contributed by atoms with van der Waals surface area (Å²) in [5, 5.41) is 3.30. The average molecular weight is 311 g/mol. The second kappa shape index (κ2) is 6.26. The number of hydrogen-bond acceptors (Lipinski definition) is 4. The second-order valence-corrected chi connectivity index (χ2v) is 7.25. The Balaban J connectivity index is 2.27. The summed E-state index contributed by atoms with van der Waals surface area (Å²) < 4.78 is 18.3. The number of esters is 1. The molecule has 5 heteroatoms. The summed E-state index contributed by atoms with van der Waals surface area (Å²) in [5.74, 6) is 1.16. The Kier molecular flexibility index (Phi) is 4.81. The summed E-state index contributed by atoms with van der Waals surface area (Å²) in [6, 6.07) is 6.09. The fourth-order valence-corrected chi connectivity index (χ4v) is 4.16. The maximum Gasteiger partial charge on any atom is 0.332 e. The molecule has 0 aliphatic carbocycles. The van der Waals surface area contributed by atoms with Crippen LogP contribution in [0.2, 0.25) is 0 Å². The molecule has 1 aliphatic heterocycles. The van der Waals surface area contributed by atoms with Crippen LogP contribution in [-0.2, 0) is 9.53 Å². The minimum Gasteiger partial charge on any atom is -0.464 e. The van der Waals surface area contributed by atoms with Crippen LogP contribution in [-0.4, -0.2) is 29.6 Å². The summed E-state index contributed by atoms with van der Waals surface area (Å²) in [5.41, 5.74) is 0.0333. The van der Waals surface area contributed by atoms with Gasteiger partial charge in [-0.2, -0.15) is 11.8 Å². The molecule has 1 saturated heterocycles. The molecule has 0 spiro atoms. The normalized spacial score (nSPS) is 24.4. The number of benzene rings is 1. The summed E-state index contributed by atoms with van der Waals surface area (Å²) >= 11 is 1.75. The topological polar surface area (TPSA) is 38.3 Å². The van der Waals surface area contributed by atoms with Gasteiger partial charge in [-0.1, -0.05) is 13.8 Å². The number of thioether (sulfide) groups is 1. The predicted octanol–water partition coefficient (Wildman–Crippen LogP) is 3.70. The summed E-state index contributed by atoms with van der Waals surface area (Å²) in [7, 11) is 0. The van der Waals surface area contributed by atoms with Gasteiger partial charge in [-0.05, 0) is 48.8 Å². The number of carbonyl (C=O) groups is 1. The predicted molar refractivity (Wildman–Crippen MR) is 85.1 cm³/mol. The number of nitrogens with one attached hydrogen (secondary N) is 1. The van der Waals surface area contributed by atoms with Crippen LogP contribution in [0, 0.1) is 11.2 Å². The highest BCUT2D eigenvalue weighted by atomic mass is 32.2. The third-order valence-electron chi connectivity index (χ3n) is 3.52. The smallest absolute Gasteiger partial charge is 0.332 e. The van der Waals surface area contributed by atoms with E-state index in [1.807, 2.05) is 6.92 Å². The van der Waals surface area contributed by atoms with E-state index in [1.54, 1.807) is 23.9 Å². The van der Waals surface area contributed by atoms with E-state index in [4.69, 9.17) is 4.74 Å². The van der Waals surface area contributed by atoms with Crippen molar-refractivity contribution in [3.63, 3.8) is 0 Å². The number of carbonyl (C=O) groups excluding carboxylic acids is 1. The molecule has 3 nitrogen and oxygen atoms in total. The molecule has 116 valence electrons. The number of hydrogen-bond donors (Lipinski definition) is 1. The first-order valence-corrected chi connectivity index (χ1v) is 8.31. The first kappa shape index (κ1) is 16.1. The molecule has 0 saturated carbocycles. The lowest BCUT2D eigenvalue weighted by Crippen LogP contribution is -2.55. The van der Waals surface area contributed by atoms with Crippen molar-refractivity contribution in [2.24, 2.45) is 5.41 Å². The molecule has 1 N–H and O–H groups in total. The van der Waals surface area contributed by atoms with Gasteiger partial charge in [0.25, 0.3) is 0 Å². The van der Waals surface area contributed by atoms with Crippen LogP contribution in [0.4, 0.5) is 10.1 Å². The standard InChI is InChI=1S/C16H22FNO2S/c1-4-20-14(19)16(9-15(2,3)10-21-11-16)18-13-7-5-12(17)6-8-13/h5-8,18H,4,9-11H2,1-3H3. The quantitative estimate of drug-likeness (QED) is 0.861. The van der Waals surface area contributed by atoms with Crippen LogP contribution < -0.4 is 5.32 Å². The van der Waals surface area contributed by atoms with Crippen molar-refractivity contribution in [2.45, 2.75) is 32.7 Å². The lowest BCUT2D eigenvalue weighted by Gasteiger charge is -2.43. The number of halogens is 1. The van der Waals surface area contributed by atoms with Crippen molar-refractivity contribution >= 4 is 23.4 Å². The van der Waals surface area contributed by atoms with Crippen molar-refractivity contribution in [1.82, 2.24) is 0 Å². The van der Waals surface area contributed by atoms with Crippen molar-refractivity contribution in [2.75, 3.05) is 23.4 Å². The van der Waals surface area contributed by atoms with Gasteiger partial charge in [0.1, 0.15) is 11.4 Å². The molecule has 1 heterocycles. The van der Waals surface area contributed by atoms with Crippen LogP contribution in [0.15, 0.2) is 24.3 Å². The van der Waals surface area contributed by atoms with Gasteiger partial charge < -0.3 is 10.1 Å². The van der Waals surface area contributed by atoms with Gasteiger partial charge in [0.05, 0.1) is 6.61 Å². The molecule has 1 aromatic carbocycles. The van der Waals surface area contributed by atoms with E-state index >= 15 is 0 Å². The molecule has 0 amide bonds. The van der Waals surface area contributed by atoms with Gasteiger partial charge in [0, 0.05) is 11.4 Å². The zero-order chi connectivity index (χ0) is 15.5. The third-order valence-corrected chi connectivity index (χ3v) is 5.20. The summed E-state index contributed by atoms with van der Waals surface area (Å²) in [4.78, 5) is 12.5. The fraction of sp³-hybridized carbons (Fsp3) is 0.562. The summed E-state index contributed by atoms with van der Waals surface area (Å²) in [6.45, 7) is 6.47.